The molecular weight excluding hydrogens is 356 g/mol. The zero-order chi connectivity index (χ0) is 19.0. The third-order valence-electron chi connectivity index (χ3n) is 6.00. The summed E-state index contributed by atoms with van der Waals surface area (Å²) in [4.78, 5) is 18.4. The molecule has 27 heavy (non-hydrogen) atoms. The summed E-state index contributed by atoms with van der Waals surface area (Å²) in [5.41, 5.74) is 6.34. The van der Waals surface area contributed by atoms with E-state index in [-0.39, 0.29) is 5.91 Å². The van der Waals surface area contributed by atoms with Crippen molar-refractivity contribution in [2.24, 2.45) is 4.99 Å². The van der Waals surface area contributed by atoms with E-state index in [0.717, 1.165) is 29.7 Å². The van der Waals surface area contributed by atoms with Crippen LogP contribution < -0.4 is 0 Å². The van der Waals surface area contributed by atoms with Gasteiger partial charge in [0.1, 0.15) is 0 Å². The molecule has 0 spiro atoms. The molecule has 4 heteroatoms. The molecule has 4 rings (SSSR count). The fourth-order valence-corrected chi connectivity index (χ4v) is 4.60. The maximum absolute atomic E-state index is 12.0. The number of piperidine rings is 1. The van der Waals surface area contributed by atoms with Gasteiger partial charge in [-0.3, -0.25) is 4.79 Å². The second-order valence-electron chi connectivity index (χ2n) is 7.46. The number of hydrogen-bond donors (Lipinski definition) is 0. The van der Waals surface area contributed by atoms with E-state index in [0.29, 0.717) is 16.5 Å². The normalized spacial score (nSPS) is 17.5. The molecule has 2 aromatic rings. The van der Waals surface area contributed by atoms with E-state index in [4.69, 9.17) is 11.6 Å². The van der Waals surface area contributed by atoms with E-state index in [9.17, 15) is 4.79 Å². The van der Waals surface area contributed by atoms with Gasteiger partial charge in [0.2, 0.25) is 0 Å². The van der Waals surface area contributed by atoms with Gasteiger partial charge in [-0.1, -0.05) is 43.6 Å². The van der Waals surface area contributed by atoms with Crippen molar-refractivity contribution in [2.45, 2.75) is 39.0 Å². The predicted octanol–water partition coefficient (Wildman–Crippen LogP) is 5.34. The maximum Gasteiger partial charge on any atom is 0.277 e. The zero-order valence-corrected chi connectivity index (χ0v) is 16.7. The largest absolute Gasteiger partial charge is 0.304 e. The summed E-state index contributed by atoms with van der Waals surface area (Å²) in [7, 11) is 0. The highest BCUT2D eigenvalue weighted by Gasteiger charge is 2.23. The Bertz CT molecular complexity index is 911. The number of amides is 1. The fraction of sp³-hybridized carbons (Fsp3) is 0.391. The second kappa shape index (κ2) is 7.57. The molecule has 0 aliphatic carbocycles. The number of fused-ring (bicyclic) bond motifs is 1. The molecule has 3 nitrogen and oxygen atoms in total. The van der Waals surface area contributed by atoms with Crippen LogP contribution in [0.1, 0.15) is 59.7 Å². The van der Waals surface area contributed by atoms with Gasteiger partial charge in [0.15, 0.2) is 0 Å². The number of halogens is 1. The van der Waals surface area contributed by atoms with Crippen LogP contribution in [0.3, 0.4) is 0 Å². The highest BCUT2D eigenvalue weighted by molar-refractivity contribution is 6.35. The van der Waals surface area contributed by atoms with Crippen LogP contribution in [0.4, 0.5) is 0 Å². The van der Waals surface area contributed by atoms with Crippen LogP contribution in [0, 0.1) is 0 Å². The van der Waals surface area contributed by atoms with E-state index in [1.165, 1.54) is 37.1 Å². The van der Waals surface area contributed by atoms with Crippen LogP contribution >= 0.6 is 11.6 Å². The Labute approximate surface area is 166 Å². The van der Waals surface area contributed by atoms with Gasteiger partial charge >= 0.3 is 0 Å². The predicted molar refractivity (Wildman–Crippen MR) is 112 cm³/mol. The Morgan fingerprint density at radius 3 is 2.59 bits per heavy atom. The molecule has 0 saturated carbocycles. The summed E-state index contributed by atoms with van der Waals surface area (Å²) in [6.07, 6.45) is 5.04. The van der Waals surface area contributed by atoms with Gasteiger partial charge in [-0.25, -0.2) is 4.99 Å². The topological polar surface area (TPSA) is 32.7 Å². The fourth-order valence-electron chi connectivity index (χ4n) is 4.34. The average molecular weight is 381 g/mol. The Balaban J connectivity index is 1.66. The molecule has 2 aliphatic rings. The molecule has 1 amide bonds. The minimum atomic E-state index is -0.205. The van der Waals surface area contributed by atoms with E-state index < -0.39 is 0 Å². The molecule has 0 aromatic heterocycles. The molecule has 140 valence electrons. The minimum Gasteiger partial charge on any atom is -0.304 e. The number of carbonyl (C=O) groups excluding carboxylic acids is 1. The number of likely N-dealkylation sites (tertiary alicyclic amines) is 1. The lowest BCUT2D eigenvalue weighted by atomic mass is 9.84. The van der Waals surface area contributed by atoms with Crippen molar-refractivity contribution in [3.05, 3.63) is 57.6 Å². The highest BCUT2D eigenvalue weighted by Crippen LogP contribution is 2.35. The monoisotopic (exact) mass is 380 g/mol. The van der Waals surface area contributed by atoms with E-state index in [1.807, 2.05) is 12.1 Å². The lowest BCUT2D eigenvalue weighted by Gasteiger charge is -2.32. The van der Waals surface area contributed by atoms with Crippen molar-refractivity contribution in [2.75, 3.05) is 19.6 Å². The number of aliphatic imine (C=N–C) groups is 1. The number of hydrogen-bond acceptors (Lipinski definition) is 2. The first kappa shape index (κ1) is 18.4. The van der Waals surface area contributed by atoms with Gasteiger partial charge in [0.25, 0.3) is 5.91 Å². The van der Waals surface area contributed by atoms with Crippen molar-refractivity contribution < 1.29 is 4.79 Å². The summed E-state index contributed by atoms with van der Waals surface area (Å²) < 4.78 is 0. The van der Waals surface area contributed by atoms with Gasteiger partial charge in [-0.05, 0) is 79.2 Å². The first-order chi connectivity index (χ1) is 13.1. The molecular formula is C23H25ClN2O. The van der Waals surface area contributed by atoms with Gasteiger partial charge in [0.05, 0.1) is 10.6 Å². The Morgan fingerprint density at radius 1 is 1.11 bits per heavy atom. The van der Waals surface area contributed by atoms with Gasteiger partial charge in [-0.2, -0.15) is 0 Å². The summed E-state index contributed by atoms with van der Waals surface area (Å²) in [5.74, 6) is 0.444. The van der Waals surface area contributed by atoms with Crippen LogP contribution in [-0.2, 0) is 6.42 Å². The summed E-state index contributed by atoms with van der Waals surface area (Å²) >= 11 is 6.40. The molecule has 0 atom stereocenters. The molecule has 2 aliphatic heterocycles. The first-order valence-corrected chi connectivity index (χ1v) is 10.3. The van der Waals surface area contributed by atoms with Crippen molar-refractivity contribution in [1.82, 2.24) is 4.90 Å². The number of carbonyl (C=O) groups is 1. The quantitative estimate of drug-likeness (QED) is 0.717. The summed E-state index contributed by atoms with van der Waals surface area (Å²) in [6.45, 7) is 7.98. The van der Waals surface area contributed by atoms with Gasteiger partial charge in [-0.15, -0.1) is 0 Å². The summed E-state index contributed by atoms with van der Waals surface area (Å²) in [6, 6.07) is 10.6. The number of nitrogens with zero attached hydrogens (tertiary/aromatic N) is 2. The summed E-state index contributed by atoms with van der Waals surface area (Å²) in [5, 5.41) is 0.589. The maximum atomic E-state index is 12.0. The lowest BCUT2D eigenvalue weighted by Crippen LogP contribution is -2.32. The van der Waals surface area contributed by atoms with Crippen molar-refractivity contribution in [1.29, 1.82) is 0 Å². The molecule has 1 fully saturated rings. The number of aryl methyl sites for hydroxylation is 1. The van der Waals surface area contributed by atoms with Crippen LogP contribution in [0.25, 0.3) is 11.1 Å². The van der Waals surface area contributed by atoms with Crippen LogP contribution in [-0.4, -0.2) is 36.7 Å². The van der Waals surface area contributed by atoms with E-state index >= 15 is 0 Å². The molecule has 1 saturated heterocycles. The molecule has 0 bridgehead atoms. The van der Waals surface area contributed by atoms with Crippen molar-refractivity contribution in [3.8, 4) is 11.1 Å². The Kier molecular flexibility index (Phi) is 5.16. The van der Waals surface area contributed by atoms with Gasteiger partial charge in [0, 0.05) is 11.8 Å². The Morgan fingerprint density at radius 2 is 1.89 bits per heavy atom. The first-order valence-electron chi connectivity index (χ1n) is 9.88. The minimum absolute atomic E-state index is 0.205. The number of benzene rings is 2. The SMILES string of the molecule is CCc1cc(-c2cc(Cl)c3c(c2)C(=O)N=C3)ccc1C1CCN(CC)CC1. The van der Waals surface area contributed by atoms with Crippen molar-refractivity contribution in [3.63, 3.8) is 0 Å². The van der Waals surface area contributed by atoms with Crippen molar-refractivity contribution >= 4 is 23.7 Å². The van der Waals surface area contributed by atoms with Crippen LogP contribution in [0.5, 0.6) is 0 Å². The molecule has 2 heterocycles. The highest BCUT2D eigenvalue weighted by atomic mass is 35.5. The molecule has 0 radical (unpaired) electrons. The molecule has 0 N–H and O–H groups in total. The second-order valence-corrected chi connectivity index (χ2v) is 7.87. The molecule has 0 unspecified atom stereocenters. The van der Waals surface area contributed by atoms with Crippen LogP contribution in [0.15, 0.2) is 35.3 Å². The van der Waals surface area contributed by atoms with E-state index in [2.05, 4.69) is 41.9 Å². The standard InChI is InChI=1S/C23H25ClN2O/c1-3-15-11-17(5-6-19(15)16-7-9-26(4-2)10-8-16)18-12-20-21(22(24)13-18)14-25-23(20)27/h5-6,11-14,16H,3-4,7-10H2,1-2H3. The number of rotatable bonds is 4. The molecule has 2 aromatic carbocycles. The van der Waals surface area contributed by atoms with E-state index in [1.54, 1.807) is 6.21 Å². The third-order valence-corrected chi connectivity index (χ3v) is 6.32. The van der Waals surface area contributed by atoms with Gasteiger partial charge < -0.3 is 4.90 Å². The average Bonchev–Trinajstić information content (AvgIpc) is 3.09. The Hall–Kier alpha value is -1.97. The third kappa shape index (κ3) is 3.46. The smallest absolute Gasteiger partial charge is 0.277 e. The lowest BCUT2D eigenvalue weighted by molar-refractivity contribution is 0.101. The zero-order valence-electron chi connectivity index (χ0n) is 16.0. The van der Waals surface area contributed by atoms with Crippen LogP contribution in [0.2, 0.25) is 5.02 Å².